The highest BCUT2D eigenvalue weighted by Crippen LogP contribution is 2.13. The van der Waals surface area contributed by atoms with E-state index in [0.29, 0.717) is 0 Å². The number of rotatable bonds is 20. The van der Waals surface area contributed by atoms with Gasteiger partial charge in [0, 0.05) is 13.0 Å². The molecule has 0 fully saturated rings. The smallest absolute Gasteiger partial charge is 0.182 e. The van der Waals surface area contributed by atoms with E-state index in [4.69, 9.17) is 9.84 Å². The van der Waals surface area contributed by atoms with Gasteiger partial charge in [-0.15, -0.1) is 0 Å². The van der Waals surface area contributed by atoms with E-state index < -0.39 is 0 Å². The zero-order valence-corrected chi connectivity index (χ0v) is 17.7. The van der Waals surface area contributed by atoms with Crippen LogP contribution in [-0.2, 0) is 4.74 Å². The van der Waals surface area contributed by atoms with Crippen LogP contribution in [0.2, 0.25) is 0 Å². The lowest BCUT2D eigenvalue weighted by atomic mass is 10.0. The molecule has 0 unspecified atom stereocenters. The van der Waals surface area contributed by atoms with Gasteiger partial charge in [0.1, 0.15) is 0 Å². The zero-order chi connectivity index (χ0) is 18.6. The summed E-state index contributed by atoms with van der Waals surface area (Å²) >= 11 is 0. The Morgan fingerprint density at radius 1 is 0.640 bits per heavy atom. The van der Waals surface area contributed by atoms with Crippen LogP contribution in [0, 0.1) is 0 Å². The monoisotopic (exact) mass is 358 g/mol. The van der Waals surface area contributed by atoms with Crippen LogP contribution in [0.4, 0.5) is 0 Å². The first-order chi connectivity index (χ1) is 12.1. The van der Waals surface area contributed by atoms with E-state index in [0.717, 1.165) is 30.8 Å². The SMILES string of the molecule is CCCCCCCCCCCCCCCCOC[N+](C)(C)CCCO. The summed E-state index contributed by atoms with van der Waals surface area (Å²) in [6.07, 6.45) is 20.4. The van der Waals surface area contributed by atoms with Gasteiger partial charge in [-0.1, -0.05) is 90.4 Å². The number of hydrogen-bond acceptors (Lipinski definition) is 2. The number of hydrogen-bond donors (Lipinski definition) is 1. The highest BCUT2D eigenvalue weighted by molar-refractivity contribution is 4.49. The van der Waals surface area contributed by atoms with Crippen molar-refractivity contribution in [1.29, 1.82) is 0 Å². The Hall–Kier alpha value is -0.120. The number of unbranched alkanes of at least 4 members (excludes halogenated alkanes) is 13. The van der Waals surface area contributed by atoms with Crippen molar-refractivity contribution in [3.63, 3.8) is 0 Å². The quantitative estimate of drug-likeness (QED) is 0.167. The fourth-order valence-electron chi connectivity index (χ4n) is 3.27. The molecule has 0 saturated carbocycles. The lowest BCUT2D eigenvalue weighted by Crippen LogP contribution is -2.42. The molecule has 3 heteroatoms. The van der Waals surface area contributed by atoms with Crippen LogP contribution < -0.4 is 0 Å². The van der Waals surface area contributed by atoms with Crippen LogP contribution in [0.15, 0.2) is 0 Å². The second-order valence-electron chi connectivity index (χ2n) is 8.37. The largest absolute Gasteiger partial charge is 0.396 e. The fourth-order valence-corrected chi connectivity index (χ4v) is 3.27. The summed E-state index contributed by atoms with van der Waals surface area (Å²) in [6, 6.07) is 0. The zero-order valence-electron chi connectivity index (χ0n) is 17.7. The first kappa shape index (κ1) is 24.9. The second kappa shape index (κ2) is 18.7. The Kier molecular flexibility index (Phi) is 18.6. The minimum Gasteiger partial charge on any atom is -0.396 e. The summed E-state index contributed by atoms with van der Waals surface area (Å²) in [5, 5.41) is 8.89. The molecule has 25 heavy (non-hydrogen) atoms. The van der Waals surface area contributed by atoms with Crippen LogP contribution in [0.1, 0.15) is 103 Å². The van der Waals surface area contributed by atoms with Gasteiger partial charge in [0.15, 0.2) is 6.73 Å². The molecule has 0 aromatic heterocycles. The van der Waals surface area contributed by atoms with Crippen molar-refractivity contribution in [2.75, 3.05) is 40.6 Å². The Bertz CT molecular complexity index is 256. The molecule has 0 atom stereocenters. The maximum Gasteiger partial charge on any atom is 0.182 e. The number of nitrogens with zero attached hydrogens (tertiary/aromatic N) is 1. The van der Waals surface area contributed by atoms with Crippen molar-refractivity contribution in [2.45, 2.75) is 103 Å². The Labute approximate surface area is 158 Å². The minimum atomic E-state index is 0.278. The van der Waals surface area contributed by atoms with Crippen molar-refractivity contribution in [3.8, 4) is 0 Å². The van der Waals surface area contributed by atoms with Gasteiger partial charge in [-0.25, -0.2) is 0 Å². The predicted octanol–water partition coefficient (Wildman–Crippen LogP) is 5.90. The summed E-state index contributed by atoms with van der Waals surface area (Å²) in [7, 11) is 4.34. The third kappa shape index (κ3) is 20.0. The fraction of sp³-hybridized carbons (Fsp3) is 1.00. The molecule has 0 aliphatic rings. The molecule has 0 amide bonds. The average Bonchev–Trinajstić information content (AvgIpc) is 2.59. The molecular weight excluding hydrogens is 310 g/mol. The van der Waals surface area contributed by atoms with Crippen molar-refractivity contribution in [3.05, 3.63) is 0 Å². The van der Waals surface area contributed by atoms with Crippen molar-refractivity contribution >= 4 is 0 Å². The van der Waals surface area contributed by atoms with Gasteiger partial charge in [0.05, 0.1) is 27.2 Å². The molecule has 0 radical (unpaired) electrons. The molecule has 0 aromatic carbocycles. The molecule has 0 aromatic rings. The van der Waals surface area contributed by atoms with Crippen LogP contribution in [0.25, 0.3) is 0 Å². The lowest BCUT2D eigenvalue weighted by molar-refractivity contribution is -0.909. The second-order valence-corrected chi connectivity index (χ2v) is 8.37. The van der Waals surface area contributed by atoms with Gasteiger partial charge in [-0.2, -0.15) is 0 Å². The highest BCUT2D eigenvalue weighted by Gasteiger charge is 2.13. The molecule has 0 aliphatic heterocycles. The number of ether oxygens (including phenoxy) is 1. The van der Waals surface area contributed by atoms with Crippen molar-refractivity contribution in [1.82, 2.24) is 0 Å². The first-order valence-corrected chi connectivity index (χ1v) is 11.1. The third-order valence-electron chi connectivity index (χ3n) is 5.00. The molecule has 152 valence electrons. The molecule has 0 aliphatic carbocycles. The third-order valence-corrected chi connectivity index (χ3v) is 5.00. The lowest BCUT2D eigenvalue weighted by Gasteiger charge is -2.28. The molecule has 0 bridgehead atoms. The molecule has 0 heterocycles. The van der Waals surface area contributed by atoms with E-state index >= 15 is 0 Å². The predicted molar refractivity (Wildman–Crippen MR) is 110 cm³/mol. The maximum atomic E-state index is 8.89. The molecule has 1 N–H and O–H groups in total. The normalized spacial score (nSPS) is 12.0. The first-order valence-electron chi connectivity index (χ1n) is 11.1. The van der Waals surface area contributed by atoms with E-state index in [2.05, 4.69) is 21.0 Å². The molecule has 0 spiro atoms. The Morgan fingerprint density at radius 3 is 1.52 bits per heavy atom. The van der Waals surface area contributed by atoms with Crippen LogP contribution in [0.3, 0.4) is 0 Å². The van der Waals surface area contributed by atoms with Crippen LogP contribution in [-0.4, -0.2) is 50.2 Å². The maximum absolute atomic E-state index is 8.89. The number of aliphatic hydroxyl groups is 1. The van der Waals surface area contributed by atoms with E-state index in [1.807, 2.05) is 0 Å². The van der Waals surface area contributed by atoms with Gasteiger partial charge in [-0.3, -0.25) is 0 Å². The van der Waals surface area contributed by atoms with Crippen LogP contribution in [0.5, 0.6) is 0 Å². The van der Waals surface area contributed by atoms with E-state index in [-0.39, 0.29) is 6.61 Å². The molecular formula is C22H48NO2+. The summed E-state index contributed by atoms with van der Waals surface area (Å²) in [6.45, 7) is 5.20. The summed E-state index contributed by atoms with van der Waals surface area (Å²) in [4.78, 5) is 0. The molecule has 0 saturated heterocycles. The van der Waals surface area contributed by atoms with Gasteiger partial charge in [0.25, 0.3) is 0 Å². The average molecular weight is 359 g/mol. The van der Waals surface area contributed by atoms with Gasteiger partial charge in [0.2, 0.25) is 0 Å². The summed E-state index contributed by atoms with van der Waals surface area (Å²) in [5.74, 6) is 0. The van der Waals surface area contributed by atoms with E-state index in [1.54, 1.807) is 0 Å². The van der Waals surface area contributed by atoms with E-state index in [1.165, 1.54) is 89.9 Å². The van der Waals surface area contributed by atoms with Crippen molar-refractivity contribution < 1.29 is 14.3 Å². The van der Waals surface area contributed by atoms with Gasteiger partial charge >= 0.3 is 0 Å². The summed E-state index contributed by atoms with van der Waals surface area (Å²) in [5.41, 5.74) is 0. The summed E-state index contributed by atoms with van der Waals surface area (Å²) < 4.78 is 6.64. The molecule has 3 nitrogen and oxygen atoms in total. The van der Waals surface area contributed by atoms with Gasteiger partial charge < -0.3 is 14.3 Å². The van der Waals surface area contributed by atoms with E-state index in [9.17, 15) is 0 Å². The minimum absolute atomic E-state index is 0.278. The number of aliphatic hydroxyl groups excluding tert-OH is 1. The topological polar surface area (TPSA) is 29.5 Å². The Balaban J connectivity index is 3.14. The standard InChI is InChI=1S/C22H48NO2/c1-4-5-6-7-8-9-10-11-12-13-14-15-16-17-21-25-22-23(2,3)19-18-20-24/h24H,4-22H2,1-3H3/q+1. The molecule has 0 rings (SSSR count). The van der Waals surface area contributed by atoms with Gasteiger partial charge in [-0.05, 0) is 6.42 Å². The Morgan fingerprint density at radius 2 is 1.08 bits per heavy atom. The van der Waals surface area contributed by atoms with Crippen molar-refractivity contribution in [2.24, 2.45) is 0 Å². The van der Waals surface area contributed by atoms with Crippen LogP contribution >= 0.6 is 0 Å². The number of quaternary nitrogens is 1. The highest BCUT2D eigenvalue weighted by atomic mass is 16.5.